The van der Waals surface area contributed by atoms with Gasteiger partial charge < -0.3 is 10.5 Å². The highest BCUT2D eigenvalue weighted by atomic mass is 16.6. The normalized spacial score (nSPS) is 10.1. The van der Waals surface area contributed by atoms with Gasteiger partial charge in [-0.1, -0.05) is 0 Å². The molecule has 14 heavy (non-hydrogen) atoms. The molecule has 0 unspecified atom stereocenters. The van der Waals surface area contributed by atoms with Crippen LogP contribution >= 0.6 is 0 Å². The summed E-state index contributed by atoms with van der Waals surface area (Å²) < 4.78 is 4.83. The van der Waals surface area contributed by atoms with E-state index in [1.807, 2.05) is 0 Å². The summed E-state index contributed by atoms with van der Waals surface area (Å²) in [5.41, 5.74) is 5.96. The minimum atomic E-state index is -0.498. The van der Waals surface area contributed by atoms with Gasteiger partial charge in [0, 0.05) is 19.7 Å². The Kier molecular flexibility index (Phi) is 3.35. The average molecular weight is 197 g/mol. The number of aromatic nitrogens is 1. The number of pyridine rings is 1. The van der Waals surface area contributed by atoms with Gasteiger partial charge in [-0.05, 0) is 0 Å². The van der Waals surface area contributed by atoms with Gasteiger partial charge in [-0.15, -0.1) is 0 Å². The van der Waals surface area contributed by atoms with Crippen molar-refractivity contribution < 1.29 is 9.66 Å². The van der Waals surface area contributed by atoms with Gasteiger partial charge in [0.25, 0.3) is 5.69 Å². The van der Waals surface area contributed by atoms with Crippen LogP contribution in [-0.4, -0.2) is 23.6 Å². The first kappa shape index (κ1) is 10.4. The predicted octanol–water partition coefficient (Wildman–Crippen LogP) is 0.761. The molecule has 0 saturated carbocycles. The standard InChI is InChI=1S/C8H11N3O3/c1-14-3-2-6-4-10-5-7(9)8(6)11(12)13/h4-5H,2-3,9H2,1H3. The van der Waals surface area contributed by atoms with Crippen LogP contribution in [0.4, 0.5) is 11.4 Å². The minimum Gasteiger partial charge on any atom is -0.392 e. The molecule has 1 aromatic rings. The van der Waals surface area contributed by atoms with E-state index < -0.39 is 4.92 Å². The van der Waals surface area contributed by atoms with Gasteiger partial charge in [0.1, 0.15) is 5.69 Å². The maximum Gasteiger partial charge on any atom is 0.298 e. The summed E-state index contributed by atoms with van der Waals surface area (Å²) in [4.78, 5) is 14.0. The molecule has 0 atom stereocenters. The molecule has 0 spiro atoms. The van der Waals surface area contributed by atoms with Gasteiger partial charge in [0.15, 0.2) is 0 Å². The highest BCUT2D eigenvalue weighted by molar-refractivity contribution is 5.60. The lowest BCUT2D eigenvalue weighted by molar-refractivity contribution is -0.384. The van der Waals surface area contributed by atoms with Crippen LogP contribution in [0.5, 0.6) is 0 Å². The smallest absolute Gasteiger partial charge is 0.298 e. The quantitative estimate of drug-likeness (QED) is 0.568. The third-order valence-electron chi connectivity index (χ3n) is 1.78. The molecule has 1 rings (SSSR count). The maximum absolute atomic E-state index is 10.7. The van der Waals surface area contributed by atoms with Gasteiger partial charge in [0.05, 0.1) is 23.3 Å². The molecule has 6 nitrogen and oxygen atoms in total. The number of nitrogens with zero attached hydrogens (tertiary/aromatic N) is 2. The molecule has 0 amide bonds. The van der Waals surface area contributed by atoms with Crippen LogP contribution in [0.1, 0.15) is 5.56 Å². The molecule has 6 heteroatoms. The zero-order chi connectivity index (χ0) is 10.6. The fourth-order valence-corrected chi connectivity index (χ4v) is 1.13. The molecule has 0 saturated heterocycles. The van der Waals surface area contributed by atoms with Crippen molar-refractivity contribution in [3.05, 3.63) is 28.1 Å². The number of anilines is 1. The number of hydrogen-bond acceptors (Lipinski definition) is 5. The minimum absolute atomic E-state index is 0.0722. The molecule has 76 valence electrons. The number of hydrogen-bond donors (Lipinski definition) is 1. The summed E-state index contributed by atoms with van der Waals surface area (Å²) in [7, 11) is 1.53. The van der Waals surface area contributed by atoms with Gasteiger partial charge in [-0.2, -0.15) is 0 Å². The van der Waals surface area contributed by atoms with E-state index in [1.54, 1.807) is 0 Å². The molecule has 1 aromatic heterocycles. The Bertz CT molecular complexity index is 341. The third-order valence-corrected chi connectivity index (χ3v) is 1.78. The topological polar surface area (TPSA) is 91.3 Å². The predicted molar refractivity (Wildman–Crippen MR) is 50.9 cm³/mol. The van der Waals surface area contributed by atoms with Crippen molar-refractivity contribution in [3.63, 3.8) is 0 Å². The van der Waals surface area contributed by atoms with Crippen molar-refractivity contribution in [3.8, 4) is 0 Å². The summed E-state index contributed by atoms with van der Waals surface area (Å²) >= 11 is 0. The number of nitrogen functional groups attached to an aromatic ring is 1. The van der Waals surface area contributed by atoms with Crippen molar-refractivity contribution in [2.75, 3.05) is 19.5 Å². The van der Waals surface area contributed by atoms with Crippen LogP contribution in [-0.2, 0) is 11.2 Å². The lowest BCUT2D eigenvalue weighted by Gasteiger charge is -2.03. The SMILES string of the molecule is COCCc1cncc(N)c1[N+](=O)[O-]. The Morgan fingerprint density at radius 3 is 2.93 bits per heavy atom. The lowest BCUT2D eigenvalue weighted by atomic mass is 10.1. The van der Waals surface area contributed by atoms with Gasteiger partial charge >= 0.3 is 0 Å². The van der Waals surface area contributed by atoms with Gasteiger partial charge in [-0.3, -0.25) is 15.1 Å². The van der Waals surface area contributed by atoms with Crippen LogP contribution in [0.3, 0.4) is 0 Å². The van der Waals surface area contributed by atoms with E-state index in [0.29, 0.717) is 18.6 Å². The Labute approximate surface area is 80.9 Å². The highest BCUT2D eigenvalue weighted by Crippen LogP contribution is 2.24. The van der Waals surface area contributed by atoms with Crippen LogP contribution in [0.25, 0.3) is 0 Å². The molecule has 2 N–H and O–H groups in total. The van der Waals surface area contributed by atoms with Crippen LogP contribution in [0.2, 0.25) is 0 Å². The van der Waals surface area contributed by atoms with Crippen molar-refractivity contribution in [1.29, 1.82) is 0 Å². The van der Waals surface area contributed by atoms with Gasteiger partial charge in [0.2, 0.25) is 0 Å². The first-order chi connectivity index (χ1) is 6.66. The number of nitrogens with two attached hydrogens (primary N) is 1. The Balaban J connectivity index is 3.02. The molecular formula is C8H11N3O3. The molecule has 1 heterocycles. The Hall–Kier alpha value is -1.69. The van der Waals surface area contributed by atoms with Crippen LogP contribution in [0.15, 0.2) is 12.4 Å². The summed E-state index contributed by atoms with van der Waals surface area (Å²) in [6, 6.07) is 0. The molecule has 0 aliphatic heterocycles. The van der Waals surface area contributed by atoms with E-state index >= 15 is 0 Å². The number of rotatable bonds is 4. The second-order valence-electron chi connectivity index (χ2n) is 2.74. The first-order valence-electron chi connectivity index (χ1n) is 4.02. The summed E-state index contributed by atoms with van der Waals surface area (Å²) in [5, 5.41) is 10.7. The second kappa shape index (κ2) is 4.52. The van der Waals surface area contributed by atoms with Crippen LogP contribution in [0, 0.1) is 10.1 Å². The Morgan fingerprint density at radius 2 is 2.36 bits per heavy atom. The van der Waals surface area contributed by atoms with Gasteiger partial charge in [-0.25, -0.2) is 0 Å². The third kappa shape index (κ3) is 2.17. The van der Waals surface area contributed by atoms with E-state index in [9.17, 15) is 10.1 Å². The Morgan fingerprint density at radius 1 is 1.64 bits per heavy atom. The molecule has 0 bridgehead atoms. The summed E-state index contributed by atoms with van der Waals surface area (Å²) in [6.07, 6.45) is 3.15. The lowest BCUT2D eigenvalue weighted by Crippen LogP contribution is -2.04. The molecule has 0 fully saturated rings. The molecule has 0 aromatic carbocycles. The first-order valence-corrected chi connectivity index (χ1v) is 4.02. The number of ether oxygens (including phenoxy) is 1. The second-order valence-corrected chi connectivity index (χ2v) is 2.74. The van der Waals surface area contributed by atoms with E-state index in [-0.39, 0.29) is 11.4 Å². The van der Waals surface area contributed by atoms with Crippen molar-refractivity contribution >= 4 is 11.4 Å². The monoisotopic (exact) mass is 197 g/mol. The molecule has 0 aliphatic carbocycles. The van der Waals surface area contributed by atoms with Crippen LogP contribution < -0.4 is 5.73 Å². The fraction of sp³-hybridized carbons (Fsp3) is 0.375. The van der Waals surface area contributed by atoms with E-state index in [2.05, 4.69) is 4.98 Å². The molecule has 0 radical (unpaired) electrons. The van der Waals surface area contributed by atoms with Crippen molar-refractivity contribution in [1.82, 2.24) is 4.98 Å². The van der Waals surface area contributed by atoms with E-state index in [1.165, 1.54) is 19.5 Å². The average Bonchev–Trinajstić information content (AvgIpc) is 2.14. The molecular weight excluding hydrogens is 186 g/mol. The number of nitro groups is 1. The highest BCUT2D eigenvalue weighted by Gasteiger charge is 2.17. The summed E-state index contributed by atoms with van der Waals surface area (Å²) in [5.74, 6) is 0. The molecule has 0 aliphatic rings. The van der Waals surface area contributed by atoms with Crippen molar-refractivity contribution in [2.45, 2.75) is 6.42 Å². The fourth-order valence-electron chi connectivity index (χ4n) is 1.13. The maximum atomic E-state index is 10.7. The van der Waals surface area contributed by atoms with Crippen molar-refractivity contribution in [2.24, 2.45) is 0 Å². The van der Waals surface area contributed by atoms with E-state index in [0.717, 1.165) is 0 Å². The zero-order valence-corrected chi connectivity index (χ0v) is 7.77. The van der Waals surface area contributed by atoms with E-state index in [4.69, 9.17) is 10.5 Å². The zero-order valence-electron chi connectivity index (χ0n) is 7.77. The largest absolute Gasteiger partial charge is 0.392 e. The number of methoxy groups -OCH3 is 1. The summed E-state index contributed by atoms with van der Waals surface area (Å²) in [6.45, 7) is 0.409.